The number of carbonyl (C=O) groups excluding carboxylic acids is 2. The summed E-state index contributed by atoms with van der Waals surface area (Å²) in [6.45, 7) is 4.14. The van der Waals surface area contributed by atoms with E-state index in [1.165, 1.54) is 24.9 Å². The summed E-state index contributed by atoms with van der Waals surface area (Å²) in [6, 6.07) is 11.1. The van der Waals surface area contributed by atoms with Crippen molar-refractivity contribution >= 4 is 11.9 Å². The van der Waals surface area contributed by atoms with Crippen LogP contribution >= 0.6 is 0 Å². The number of aromatic nitrogens is 1. The molecule has 3 rings (SSSR count). The van der Waals surface area contributed by atoms with Gasteiger partial charge in [-0.2, -0.15) is 0 Å². The Morgan fingerprint density at radius 1 is 1.24 bits per heavy atom. The van der Waals surface area contributed by atoms with Crippen LogP contribution in [0.3, 0.4) is 0 Å². The number of cyclic esters (lactones) is 1. The molecule has 0 radical (unpaired) electrons. The molecule has 2 N–H and O–H groups in total. The molecule has 34 heavy (non-hydrogen) atoms. The van der Waals surface area contributed by atoms with Gasteiger partial charge in [0.1, 0.15) is 12.1 Å². The van der Waals surface area contributed by atoms with E-state index in [-0.39, 0.29) is 29.2 Å². The van der Waals surface area contributed by atoms with E-state index >= 15 is 0 Å². The van der Waals surface area contributed by atoms with Crippen LogP contribution in [0.4, 0.5) is 0 Å². The van der Waals surface area contributed by atoms with Gasteiger partial charge in [0.05, 0.1) is 7.11 Å². The molecular formula is C27H36N2O5. The van der Waals surface area contributed by atoms with Crippen molar-refractivity contribution in [2.24, 2.45) is 11.8 Å². The lowest BCUT2D eigenvalue weighted by molar-refractivity contribution is -0.154. The smallest absolute Gasteiger partial charge is 0.328 e. The van der Waals surface area contributed by atoms with Gasteiger partial charge in [-0.15, -0.1) is 0 Å². The molecule has 1 aromatic carbocycles. The largest absolute Gasteiger partial charge is 0.503 e. The molecule has 4 unspecified atom stereocenters. The fraction of sp³-hybridized carbons (Fsp3) is 0.519. The molecule has 4 atom stereocenters. The van der Waals surface area contributed by atoms with E-state index < -0.39 is 17.9 Å². The normalized spacial score (nSPS) is 23.2. The van der Waals surface area contributed by atoms with Gasteiger partial charge in [0.2, 0.25) is 0 Å². The second-order valence-corrected chi connectivity index (χ2v) is 9.07. The van der Waals surface area contributed by atoms with E-state index in [0.29, 0.717) is 12.3 Å². The van der Waals surface area contributed by atoms with Gasteiger partial charge in [0.15, 0.2) is 17.2 Å². The number of carbonyl (C=O) groups is 2. The molecule has 7 heteroatoms. The summed E-state index contributed by atoms with van der Waals surface area (Å²) in [5.41, 5.74) is 1.11. The number of hydrogen-bond donors (Lipinski definition) is 2. The fourth-order valence-electron chi connectivity index (χ4n) is 4.86. The van der Waals surface area contributed by atoms with Crippen molar-refractivity contribution in [2.45, 2.75) is 70.9 Å². The van der Waals surface area contributed by atoms with E-state index in [4.69, 9.17) is 9.47 Å². The molecule has 7 nitrogen and oxygen atoms in total. The van der Waals surface area contributed by atoms with E-state index in [0.717, 1.165) is 38.5 Å². The summed E-state index contributed by atoms with van der Waals surface area (Å²) < 4.78 is 11.0. The SMILES string of the molecule is CCCCC1C(Cc2ccccc2)CCCC(NC(=O)c2nccc(OC)c2O)C(=O)OC1C. The van der Waals surface area contributed by atoms with Gasteiger partial charge in [-0.3, -0.25) is 4.79 Å². The third-order valence-electron chi connectivity index (χ3n) is 6.72. The van der Waals surface area contributed by atoms with Crippen molar-refractivity contribution in [3.05, 3.63) is 53.9 Å². The molecule has 1 aliphatic rings. The molecule has 1 fully saturated rings. The molecule has 2 heterocycles. The number of pyridine rings is 1. The highest BCUT2D eigenvalue weighted by Crippen LogP contribution is 2.33. The molecule has 1 saturated heterocycles. The molecule has 0 spiro atoms. The van der Waals surface area contributed by atoms with Crippen molar-refractivity contribution in [2.75, 3.05) is 7.11 Å². The van der Waals surface area contributed by atoms with E-state index in [2.05, 4.69) is 41.5 Å². The number of esters is 1. The maximum absolute atomic E-state index is 13.0. The molecule has 1 aliphatic heterocycles. The van der Waals surface area contributed by atoms with Gasteiger partial charge in [0.25, 0.3) is 5.91 Å². The summed E-state index contributed by atoms with van der Waals surface area (Å²) in [4.78, 5) is 29.8. The van der Waals surface area contributed by atoms with E-state index in [9.17, 15) is 14.7 Å². The zero-order valence-electron chi connectivity index (χ0n) is 20.3. The zero-order chi connectivity index (χ0) is 24.5. The van der Waals surface area contributed by atoms with Gasteiger partial charge in [-0.05, 0) is 50.0 Å². The monoisotopic (exact) mass is 468 g/mol. The minimum Gasteiger partial charge on any atom is -0.503 e. The van der Waals surface area contributed by atoms with Crippen LogP contribution in [0.25, 0.3) is 0 Å². The lowest BCUT2D eigenvalue weighted by Gasteiger charge is -2.31. The Morgan fingerprint density at radius 3 is 2.71 bits per heavy atom. The van der Waals surface area contributed by atoms with E-state index in [1.807, 2.05) is 13.0 Å². The Labute approximate surface area is 201 Å². The van der Waals surface area contributed by atoms with Crippen LogP contribution in [0.5, 0.6) is 11.5 Å². The quantitative estimate of drug-likeness (QED) is 0.546. The average Bonchev–Trinajstić information content (AvgIpc) is 2.88. The van der Waals surface area contributed by atoms with Crippen LogP contribution < -0.4 is 10.1 Å². The van der Waals surface area contributed by atoms with Crippen molar-refractivity contribution < 1.29 is 24.2 Å². The lowest BCUT2D eigenvalue weighted by Crippen LogP contribution is -2.43. The van der Waals surface area contributed by atoms with Crippen molar-refractivity contribution in [3.63, 3.8) is 0 Å². The van der Waals surface area contributed by atoms with Gasteiger partial charge in [0, 0.05) is 12.3 Å². The van der Waals surface area contributed by atoms with Crippen LogP contribution in [0, 0.1) is 11.8 Å². The number of aromatic hydroxyl groups is 1. The highest BCUT2D eigenvalue weighted by Gasteiger charge is 2.34. The van der Waals surface area contributed by atoms with Crippen molar-refractivity contribution in [1.29, 1.82) is 0 Å². The first-order valence-electron chi connectivity index (χ1n) is 12.2. The topological polar surface area (TPSA) is 97.8 Å². The van der Waals surface area contributed by atoms with E-state index in [1.54, 1.807) is 0 Å². The molecule has 1 aromatic heterocycles. The number of unbranched alkanes of at least 4 members (excludes halogenated alkanes) is 1. The van der Waals surface area contributed by atoms with Crippen LogP contribution in [0.15, 0.2) is 42.6 Å². The third kappa shape index (κ3) is 6.49. The molecular weight excluding hydrogens is 432 g/mol. The van der Waals surface area contributed by atoms with Crippen LogP contribution in [-0.2, 0) is 16.0 Å². The standard InChI is InChI=1S/C27H36N2O5/c1-4-5-13-21-18(2)34-27(32)22(14-9-12-20(21)17-19-10-7-6-8-11-19)29-26(31)24-25(30)23(33-3)15-16-28-24/h6-8,10-11,15-16,18,20-22,30H,4-5,9,12-14,17H2,1-3H3,(H,29,31). The number of amides is 1. The number of ether oxygens (including phenoxy) is 2. The number of methoxy groups -OCH3 is 1. The first-order chi connectivity index (χ1) is 16.4. The van der Waals surface area contributed by atoms with Gasteiger partial charge < -0.3 is 19.9 Å². The van der Waals surface area contributed by atoms with Gasteiger partial charge in [-0.25, -0.2) is 9.78 Å². The number of rotatable bonds is 8. The summed E-state index contributed by atoms with van der Waals surface area (Å²) in [7, 11) is 1.40. The van der Waals surface area contributed by atoms with Crippen LogP contribution in [-0.4, -0.2) is 41.2 Å². The fourth-order valence-corrected chi connectivity index (χ4v) is 4.86. The summed E-state index contributed by atoms with van der Waals surface area (Å²) in [5, 5.41) is 13.0. The van der Waals surface area contributed by atoms with Gasteiger partial charge >= 0.3 is 5.97 Å². The Bertz CT molecular complexity index is 949. The first kappa shape index (κ1) is 25.5. The minimum absolute atomic E-state index is 0.147. The molecule has 184 valence electrons. The first-order valence-corrected chi connectivity index (χ1v) is 12.2. The number of nitrogens with one attached hydrogen (secondary N) is 1. The average molecular weight is 469 g/mol. The van der Waals surface area contributed by atoms with Gasteiger partial charge in [-0.1, -0.05) is 56.5 Å². The maximum atomic E-state index is 13.0. The van der Waals surface area contributed by atoms with Crippen LogP contribution in [0.2, 0.25) is 0 Å². The van der Waals surface area contributed by atoms with Crippen LogP contribution in [0.1, 0.15) is 68.4 Å². The van der Waals surface area contributed by atoms with Crippen molar-refractivity contribution in [1.82, 2.24) is 10.3 Å². The zero-order valence-corrected chi connectivity index (χ0v) is 20.3. The number of hydrogen-bond acceptors (Lipinski definition) is 6. The number of benzene rings is 1. The second kappa shape index (κ2) is 12.4. The van der Waals surface area contributed by atoms with Crippen molar-refractivity contribution in [3.8, 4) is 11.5 Å². The molecule has 0 bridgehead atoms. The summed E-state index contributed by atoms with van der Waals surface area (Å²) in [6.07, 6.45) is 7.43. The minimum atomic E-state index is -0.801. The summed E-state index contributed by atoms with van der Waals surface area (Å²) >= 11 is 0. The second-order valence-electron chi connectivity index (χ2n) is 9.07. The number of nitrogens with zero attached hydrogens (tertiary/aromatic N) is 1. The Hall–Kier alpha value is -3.09. The predicted octanol–water partition coefficient (Wildman–Crippen LogP) is 4.68. The lowest BCUT2D eigenvalue weighted by atomic mass is 9.78. The highest BCUT2D eigenvalue weighted by molar-refractivity contribution is 5.97. The predicted molar refractivity (Wildman–Crippen MR) is 130 cm³/mol. The molecule has 0 saturated carbocycles. The third-order valence-corrected chi connectivity index (χ3v) is 6.72. The molecule has 2 aromatic rings. The Balaban J connectivity index is 1.76. The highest BCUT2D eigenvalue weighted by atomic mass is 16.5. The Morgan fingerprint density at radius 2 is 2.00 bits per heavy atom. The maximum Gasteiger partial charge on any atom is 0.328 e. The molecule has 0 aliphatic carbocycles. The Kier molecular flexibility index (Phi) is 9.31. The summed E-state index contributed by atoms with van der Waals surface area (Å²) in [5.74, 6) is -0.639. The molecule has 1 amide bonds.